The van der Waals surface area contributed by atoms with Crippen LogP contribution in [-0.2, 0) is 14.6 Å². The zero-order valence-corrected chi connectivity index (χ0v) is 16.0. The van der Waals surface area contributed by atoms with Gasteiger partial charge < -0.3 is 10.0 Å². The summed E-state index contributed by atoms with van der Waals surface area (Å²) in [5.41, 5.74) is 0.543. The molecule has 1 amide bonds. The molecule has 25 heavy (non-hydrogen) atoms. The highest BCUT2D eigenvalue weighted by Crippen LogP contribution is 2.43. The molecule has 0 aliphatic carbocycles. The lowest BCUT2D eigenvalue weighted by Crippen LogP contribution is -2.40. The summed E-state index contributed by atoms with van der Waals surface area (Å²) in [6.45, 7) is -0.0234. The van der Waals surface area contributed by atoms with Gasteiger partial charge in [-0.05, 0) is 71.0 Å². The minimum absolute atomic E-state index is 0.0142. The number of carboxylic acid groups (broad SMARTS) is 1. The molecule has 1 aliphatic rings. The van der Waals surface area contributed by atoms with Crippen LogP contribution < -0.4 is 0 Å². The van der Waals surface area contributed by atoms with Gasteiger partial charge >= 0.3 is 6.09 Å². The Morgan fingerprint density at radius 2 is 1.72 bits per heavy atom. The maximum atomic E-state index is 13.4. The molecular weight excluding hydrogens is 460 g/mol. The Morgan fingerprint density at radius 3 is 2.24 bits per heavy atom. The molecule has 132 valence electrons. The molecule has 1 N–H and O–H groups in total. The summed E-state index contributed by atoms with van der Waals surface area (Å²) in [6, 6.07) is 11.7. The van der Waals surface area contributed by atoms with Crippen LogP contribution in [0.15, 0.2) is 53.4 Å². The Hall–Kier alpha value is -1.68. The third-order valence-corrected chi connectivity index (χ3v) is 7.72. The van der Waals surface area contributed by atoms with Crippen molar-refractivity contribution >= 4 is 38.5 Å². The molecule has 0 aromatic heterocycles. The molecule has 5 nitrogen and oxygen atoms in total. The molecule has 1 heterocycles. The lowest BCUT2D eigenvalue weighted by molar-refractivity contribution is 0.154. The summed E-state index contributed by atoms with van der Waals surface area (Å²) in [5, 5.41) is 9.29. The predicted molar refractivity (Wildman–Crippen MR) is 98.6 cm³/mol. The van der Waals surface area contributed by atoms with E-state index in [0.717, 1.165) is 20.6 Å². The minimum Gasteiger partial charge on any atom is -0.465 e. The predicted octanol–water partition coefficient (Wildman–Crippen LogP) is 3.48. The normalized spacial score (nSPS) is 20.6. The molecule has 2 aromatic carbocycles. The number of benzene rings is 2. The van der Waals surface area contributed by atoms with Gasteiger partial charge in [-0.25, -0.2) is 17.6 Å². The first-order valence-corrected chi connectivity index (χ1v) is 10.1. The zero-order valence-electron chi connectivity index (χ0n) is 13.0. The largest absolute Gasteiger partial charge is 0.465 e. The van der Waals surface area contributed by atoms with Crippen molar-refractivity contribution in [1.82, 2.24) is 4.90 Å². The second-order valence-electron chi connectivity index (χ2n) is 5.91. The summed E-state index contributed by atoms with van der Waals surface area (Å²) in [7, 11) is -3.92. The van der Waals surface area contributed by atoms with E-state index < -0.39 is 26.5 Å². The smallest absolute Gasteiger partial charge is 0.407 e. The molecule has 0 saturated carbocycles. The van der Waals surface area contributed by atoms with E-state index in [0.29, 0.717) is 5.56 Å². The van der Waals surface area contributed by atoms with Crippen LogP contribution in [0.5, 0.6) is 0 Å². The third-order valence-electron chi connectivity index (χ3n) is 4.51. The second-order valence-corrected chi connectivity index (χ2v) is 9.42. The summed E-state index contributed by atoms with van der Waals surface area (Å²) in [4.78, 5) is 12.5. The van der Waals surface area contributed by atoms with Gasteiger partial charge in [-0.1, -0.05) is 12.1 Å². The van der Waals surface area contributed by atoms with Gasteiger partial charge in [0.2, 0.25) is 0 Å². The molecule has 0 radical (unpaired) electrons. The molecule has 3 rings (SSSR count). The van der Waals surface area contributed by atoms with E-state index in [2.05, 4.69) is 22.6 Å². The molecule has 1 unspecified atom stereocenters. The lowest BCUT2D eigenvalue weighted by atomic mass is 9.97. The Labute approximate surface area is 158 Å². The Kier molecular flexibility index (Phi) is 4.76. The minimum atomic E-state index is -3.92. The fraction of sp³-hybridized carbons (Fsp3) is 0.235. The van der Waals surface area contributed by atoms with Gasteiger partial charge in [0, 0.05) is 16.7 Å². The first kappa shape index (κ1) is 18.1. The average molecular weight is 475 g/mol. The fourth-order valence-electron chi connectivity index (χ4n) is 3.15. The van der Waals surface area contributed by atoms with Gasteiger partial charge in [0.1, 0.15) is 10.6 Å². The Balaban J connectivity index is 2.16. The summed E-state index contributed by atoms with van der Waals surface area (Å²) < 4.78 is 39.5. The van der Waals surface area contributed by atoms with Gasteiger partial charge in [0.15, 0.2) is 9.84 Å². The monoisotopic (exact) mass is 475 g/mol. The van der Waals surface area contributed by atoms with Gasteiger partial charge in [0.25, 0.3) is 0 Å². The number of sulfone groups is 1. The van der Waals surface area contributed by atoms with Crippen LogP contribution in [-0.4, -0.2) is 37.6 Å². The molecule has 1 aliphatic heterocycles. The van der Waals surface area contributed by atoms with Crippen LogP contribution in [0.2, 0.25) is 0 Å². The maximum Gasteiger partial charge on any atom is 0.407 e. The van der Waals surface area contributed by atoms with E-state index in [1.54, 1.807) is 24.3 Å². The van der Waals surface area contributed by atoms with Gasteiger partial charge in [0.05, 0.1) is 4.90 Å². The number of hydrogen-bond acceptors (Lipinski definition) is 3. The van der Waals surface area contributed by atoms with Crippen LogP contribution in [0.4, 0.5) is 9.18 Å². The van der Waals surface area contributed by atoms with Crippen LogP contribution in [0.3, 0.4) is 0 Å². The van der Waals surface area contributed by atoms with Crippen LogP contribution in [0.1, 0.15) is 12.0 Å². The van der Waals surface area contributed by atoms with Crippen LogP contribution in [0, 0.1) is 9.39 Å². The summed E-state index contributed by atoms with van der Waals surface area (Å²) >= 11 is 2.12. The number of likely N-dealkylation sites (tertiary alicyclic amines) is 1. The number of carbonyl (C=O) groups is 1. The third kappa shape index (κ3) is 3.12. The van der Waals surface area contributed by atoms with E-state index in [-0.39, 0.29) is 24.4 Å². The van der Waals surface area contributed by atoms with Crippen molar-refractivity contribution in [1.29, 1.82) is 0 Å². The molecular formula is C17H15FINO4S. The molecule has 1 atom stereocenters. The summed E-state index contributed by atoms with van der Waals surface area (Å²) in [5.74, 6) is -0.527. The molecule has 2 aromatic rings. The molecule has 1 saturated heterocycles. The van der Waals surface area contributed by atoms with Gasteiger partial charge in [-0.2, -0.15) is 0 Å². The number of amides is 1. The van der Waals surface area contributed by atoms with Crippen molar-refractivity contribution < 1.29 is 22.7 Å². The average Bonchev–Trinajstić information content (AvgIpc) is 3.03. The topological polar surface area (TPSA) is 74.7 Å². The van der Waals surface area contributed by atoms with Crippen molar-refractivity contribution in [2.45, 2.75) is 16.1 Å². The highest BCUT2D eigenvalue weighted by molar-refractivity contribution is 14.1. The standard InChI is InChI=1S/C17H15FINO4S/c18-13-3-7-15(8-4-13)25(23,24)17(9-10-20(11-17)16(21)22)12-1-5-14(19)6-2-12/h1-8H,9-11H2,(H,21,22). The quantitative estimate of drug-likeness (QED) is 0.545. The van der Waals surface area contributed by atoms with E-state index >= 15 is 0 Å². The summed E-state index contributed by atoms with van der Waals surface area (Å²) in [6.07, 6.45) is -0.999. The fourth-order valence-corrected chi connectivity index (χ4v) is 5.59. The van der Waals surface area contributed by atoms with Gasteiger partial charge in [-0.15, -0.1) is 0 Å². The van der Waals surface area contributed by atoms with E-state index in [4.69, 9.17) is 0 Å². The second kappa shape index (κ2) is 6.56. The molecule has 8 heteroatoms. The molecule has 0 spiro atoms. The lowest BCUT2D eigenvalue weighted by Gasteiger charge is -2.29. The Morgan fingerprint density at radius 1 is 1.12 bits per heavy atom. The van der Waals surface area contributed by atoms with Gasteiger partial charge in [-0.3, -0.25) is 0 Å². The highest BCUT2D eigenvalue weighted by Gasteiger charge is 2.52. The van der Waals surface area contributed by atoms with Crippen molar-refractivity contribution in [3.63, 3.8) is 0 Å². The van der Waals surface area contributed by atoms with E-state index in [9.17, 15) is 22.7 Å². The van der Waals surface area contributed by atoms with Crippen molar-refractivity contribution in [3.05, 3.63) is 63.5 Å². The Bertz CT molecular complexity index is 899. The molecule has 1 fully saturated rings. The van der Waals surface area contributed by atoms with E-state index in [1.807, 2.05) is 0 Å². The zero-order chi connectivity index (χ0) is 18.2. The number of nitrogens with zero attached hydrogens (tertiary/aromatic N) is 1. The number of halogens is 2. The van der Waals surface area contributed by atoms with E-state index in [1.165, 1.54) is 12.1 Å². The highest BCUT2D eigenvalue weighted by atomic mass is 127. The molecule has 0 bridgehead atoms. The first-order chi connectivity index (χ1) is 11.8. The van der Waals surface area contributed by atoms with Crippen molar-refractivity contribution in [2.24, 2.45) is 0 Å². The number of rotatable bonds is 3. The van der Waals surface area contributed by atoms with Crippen LogP contribution >= 0.6 is 22.6 Å². The van der Waals surface area contributed by atoms with Crippen molar-refractivity contribution in [3.8, 4) is 0 Å². The van der Waals surface area contributed by atoms with Crippen LogP contribution in [0.25, 0.3) is 0 Å². The SMILES string of the molecule is O=C(O)N1CCC(c2ccc(I)cc2)(S(=O)(=O)c2ccc(F)cc2)C1. The maximum absolute atomic E-state index is 13.4. The number of hydrogen-bond donors (Lipinski definition) is 1. The first-order valence-electron chi connectivity index (χ1n) is 7.50. The van der Waals surface area contributed by atoms with Crippen molar-refractivity contribution in [2.75, 3.05) is 13.1 Å².